The summed E-state index contributed by atoms with van der Waals surface area (Å²) in [5, 5.41) is 6.32. The highest BCUT2D eigenvalue weighted by molar-refractivity contribution is 7.80. The van der Waals surface area contributed by atoms with Gasteiger partial charge >= 0.3 is 0 Å². The summed E-state index contributed by atoms with van der Waals surface area (Å²) in [6.07, 6.45) is 9.24. The van der Waals surface area contributed by atoms with Crippen LogP contribution in [0.4, 0.5) is 5.00 Å². The molecule has 1 heterocycles. The summed E-state index contributed by atoms with van der Waals surface area (Å²) >= 11 is 6.79. The fraction of sp³-hybridized carbons (Fsp3) is 0.348. The van der Waals surface area contributed by atoms with Crippen LogP contribution >= 0.6 is 23.6 Å². The molecular weight excluding hydrogens is 446 g/mol. The second-order valence-corrected chi connectivity index (χ2v) is 8.89. The Morgan fingerprint density at radius 3 is 2.50 bits per heavy atom. The molecule has 1 aromatic carbocycles. The first kappa shape index (κ1) is 23.7. The van der Waals surface area contributed by atoms with Crippen molar-refractivity contribution in [1.82, 2.24) is 5.32 Å². The Hall–Kier alpha value is -2.91. The van der Waals surface area contributed by atoms with Crippen molar-refractivity contribution in [3.63, 3.8) is 0 Å². The number of nitrogens with one attached hydrogen (secondary N) is 2. The van der Waals surface area contributed by atoms with E-state index in [1.807, 2.05) is 6.07 Å². The number of hydrogen-bond donors (Lipinski definition) is 3. The van der Waals surface area contributed by atoms with Gasteiger partial charge in [-0.05, 0) is 67.2 Å². The third-order valence-corrected chi connectivity index (χ3v) is 6.63. The third-order valence-electron chi connectivity index (χ3n) is 5.22. The first-order valence-electron chi connectivity index (χ1n) is 10.4. The van der Waals surface area contributed by atoms with Crippen molar-refractivity contribution in [2.24, 2.45) is 5.73 Å². The molecule has 3 rings (SSSR count). The van der Waals surface area contributed by atoms with E-state index in [1.165, 1.54) is 28.7 Å². The van der Waals surface area contributed by atoms with Gasteiger partial charge in [0.15, 0.2) is 16.6 Å². The molecule has 170 valence electrons. The highest BCUT2D eigenvalue weighted by Crippen LogP contribution is 2.36. The van der Waals surface area contributed by atoms with E-state index in [0.29, 0.717) is 22.1 Å². The van der Waals surface area contributed by atoms with E-state index in [1.54, 1.807) is 32.4 Å². The maximum Gasteiger partial charge on any atom is 0.251 e. The van der Waals surface area contributed by atoms with Gasteiger partial charge in [-0.3, -0.25) is 14.9 Å². The van der Waals surface area contributed by atoms with Crippen LogP contribution in [0.2, 0.25) is 0 Å². The molecule has 7 nitrogen and oxygen atoms in total. The van der Waals surface area contributed by atoms with E-state index in [9.17, 15) is 9.59 Å². The van der Waals surface area contributed by atoms with Crippen molar-refractivity contribution in [1.29, 1.82) is 0 Å². The fourth-order valence-corrected chi connectivity index (χ4v) is 5.25. The van der Waals surface area contributed by atoms with Gasteiger partial charge in [-0.2, -0.15) is 0 Å². The van der Waals surface area contributed by atoms with Crippen LogP contribution in [0.25, 0.3) is 6.08 Å². The summed E-state index contributed by atoms with van der Waals surface area (Å²) in [6, 6.07) is 5.33. The first-order valence-corrected chi connectivity index (χ1v) is 11.6. The zero-order valence-electron chi connectivity index (χ0n) is 18.2. The van der Waals surface area contributed by atoms with Gasteiger partial charge in [-0.15, -0.1) is 11.3 Å². The summed E-state index contributed by atoms with van der Waals surface area (Å²) in [4.78, 5) is 25.6. The van der Waals surface area contributed by atoms with Crippen LogP contribution < -0.4 is 25.8 Å². The largest absolute Gasteiger partial charge is 0.493 e. The molecule has 0 saturated heterocycles. The number of amides is 2. The summed E-state index contributed by atoms with van der Waals surface area (Å²) in [7, 11) is 3.11. The Kier molecular flexibility index (Phi) is 8.24. The molecule has 0 bridgehead atoms. The monoisotopic (exact) mass is 473 g/mol. The fourth-order valence-electron chi connectivity index (χ4n) is 3.68. The molecular formula is C23H27N3O4S2. The van der Waals surface area contributed by atoms with Crippen LogP contribution in [-0.4, -0.2) is 31.1 Å². The quantitative estimate of drug-likeness (QED) is 0.432. The lowest BCUT2D eigenvalue weighted by molar-refractivity contribution is -0.115. The number of thiophene rings is 1. The highest BCUT2D eigenvalue weighted by atomic mass is 32.1. The van der Waals surface area contributed by atoms with Crippen LogP contribution in [0.5, 0.6) is 11.5 Å². The standard InChI is InChI=1S/C23H27N3O4S2/c1-29-16-11-9-14(13-17(16)30-2)10-12-19(27)25-23(31)26-22-20(21(24)28)15-7-5-3-4-6-8-18(15)32-22/h9-13H,3-8H2,1-2H3,(H2,24,28)(H2,25,26,27,31). The second-order valence-electron chi connectivity index (χ2n) is 7.38. The molecule has 0 radical (unpaired) electrons. The topological polar surface area (TPSA) is 103 Å². The molecule has 2 aromatic rings. The zero-order valence-corrected chi connectivity index (χ0v) is 19.8. The minimum Gasteiger partial charge on any atom is -0.493 e. The van der Waals surface area contributed by atoms with Crippen LogP contribution in [-0.2, 0) is 17.6 Å². The first-order chi connectivity index (χ1) is 15.4. The van der Waals surface area contributed by atoms with Gasteiger partial charge < -0.3 is 20.5 Å². The minimum atomic E-state index is -0.479. The molecule has 1 aliphatic rings. The molecule has 2 amide bonds. The van der Waals surface area contributed by atoms with Crippen molar-refractivity contribution >= 4 is 51.6 Å². The molecule has 0 fully saturated rings. The molecule has 0 spiro atoms. The molecule has 4 N–H and O–H groups in total. The number of primary amides is 1. The van der Waals surface area contributed by atoms with Gasteiger partial charge in [0.1, 0.15) is 5.00 Å². The van der Waals surface area contributed by atoms with E-state index >= 15 is 0 Å². The van der Waals surface area contributed by atoms with Gasteiger partial charge in [0.2, 0.25) is 5.91 Å². The number of ether oxygens (including phenoxy) is 2. The Labute approximate surface area is 197 Å². The predicted octanol–water partition coefficient (Wildman–Crippen LogP) is 4.05. The Balaban J connectivity index is 1.68. The number of methoxy groups -OCH3 is 2. The second kappa shape index (κ2) is 11.1. The Bertz CT molecular complexity index is 1050. The molecule has 0 atom stereocenters. The normalized spacial score (nSPS) is 13.6. The summed E-state index contributed by atoms with van der Waals surface area (Å²) < 4.78 is 10.5. The molecule has 1 aromatic heterocycles. The van der Waals surface area contributed by atoms with Gasteiger partial charge in [-0.1, -0.05) is 18.9 Å². The van der Waals surface area contributed by atoms with Crippen molar-refractivity contribution in [2.75, 3.05) is 19.5 Å². The maximum absolute atomic E-state index is 12.3. The van der Waals surface area contributed by atoms with Crippen LogP contribution in [0.3, 0.4) is 0 Å². The van der Waals surface area contributed by atoms with Crippen LogP contribution in [0.15, 0.2) is 24.3 Å². The number of fused-ring (bicyclic) bond motifs is 1. The van der Waals surface area contributed by atoms with E-state index in [2.05, 4.69) is 10.6 Å². The smallest absolute Gasteiger partial charge is 0.251 e. The number of carbonyl (C=O) groups excluding carboxylic acids is 2. The van der Waals surface area contributed by atoms with Gasteiger partial charge in [0, 0.05) is 11.0 Å². The molecule has 0 unspecified atom stereocenters. The van der Waals surface area contributed by atoms with E-state index in [0.717, 1.165) is 43.2 Å². The molecule has 9 heteroatoms. The molecule has 0 aliphatic heterocycles. The zero-order chi connectivity index (χ0) is 23.1. The average Bonchev–Trinajstić information content (AvgIpc) is 3.07. The van der Waals surface area contributed by atoms with Crippen LogP contribution in [0.1, 0.15) is 52.0 Å². The van der Waals surface area contributed by atoms with Gasteiger partial charge in [-0.25, -0.2) is 0 Å². The number of nitrogens with two attached hydrogens (primary N) is 1. The SMILES string of the molecule is COc1ccc(C=CC(=O)NC(=S)Nc2sc3c(c2C(N)=O)CCCCCC3)cc1OC. The van der Waals surface area contributed by atoms with Gasteiger partial charge in [0.25, 0.3) is 5.91 Å². The van der Waals surface area contributed by atoms with E-state index in [4.69, 9.17) is 27.4 Å². The number of aryl methyl sites for hydroxylation is 1. The summed E-state index contributed by atoms with van der Waals surface area (Å²) in [5.74, 6) is 0.301. The Morgan fingerprint density at radius 1 is 1.09 bits per heavy atom. The number of thiocarbonyl (C=S) groups is 1. The number of anilines is 1. The molecule has 32 heavy (non-hydrogen) atoms. The van der Waals surface area contributed by atoms with E-state index in [-0.39, 0.29) is 5.11 Å². The van der Waals surface area contributed by atoms with E-state index < -0.39 is 11.8 Å². The lowest BCUT2D eigenvalue weighted by Gasteiger charge is -2.10. The van der Waals surface area contributed by atoms with Crippen LogP contribution in [0, 0.1) is 0 Å². The van der Waals surface area contributed by atoms with Crippen molar-refractivity contribution < 1.29 is 19.1 Å². The number of benzene rings is 1. The summed E-state index contributed by atoms with van der Waals surface area (Å²) in [6.45, 7) is 0. The average molecular weight is 474 g/mol. The lowest BCUT2D eigenvalue weighted by atomic mass is 9.96. The third kappa shape index (κ3) is 5.86. The number of hydrogen-bond acceptors (Lipinski definition) is 6. The lowest BCUT2D eigenvalue weighted by Crippen LogP contribution is -2.33. The Morgan fingerprint density at radius 2 is 1.81 bits per heavy atom. The number of rotatable bonds is 6. The van der Waals surface area contributed by atoms with Crippen molar-refractivity contribution in [2.45, 2.75) is 38.5 Å². The van der Waals surface area contributed by atoms with Crippen molar-refractivity contribution in [3.8, 4) is 11.5 Å². The maximum atomic E-state index is 12.3. The summed E-state index contributed by atoms with van der Waals surface area (Å²) in [5.41, 5.74) is 7.95. The van der Waals surface area contributed by atoms with Crippen molar-refractivity contribution in [3.05, 3.63) is 45.8 Å². The highest BCUT2D eigenvalue weighted by Gasteiger charge is 2.23. The molecule has 1 aliphatic carbocycles. The van der Waals surface area contributed by atoms with Gasteiger partial charge in [0.05, 0.1) is 19.8 Å². The molecule has 0 saturated carbocycles. The predicted molar refractivity (Wildman–Crippen MR) is 132 cm³/mol. The number of carbonyl (C=O) groups is 2. The minimum absolute atomic E-state index is 0.115.